The van der Waals surface area contributed by atoms with Gasteiger partial charge in [0.25, 0.3) is 0 Å². The van der Waals surface area contributed by atoms with Gasteiger partial charge < -0.3 is 15.9 Å². The SMILES string of the molecule is [N-]=[N+]=NCCC(O)C(O)c1cccc(N)c1. The van der Waals surface area contributed by atoms with Crippen molar-refractivity contribution >= 4 is 5.69 Å². The molecule has 6 heteroatoms. The van der Waals surface area contributed by atoms with Crippen molar-refractivity contribution in [1.82, 2.24) is 0 Å². The lowest BCUT2D eigenvalue weighted by atomic mass is 10.0. The Morgan fingerprint density at radius 3 is 2.81 bits per heavy atom. The number of nitrogen functional groups attached to an aromatic ring is 1. The largest absolute Gasteiger partial charge is 0.399 e. The van der Waals surface area contributed by atoms with Crippen molar-refractivity contribution < 1.29 is 10.2 Å². The molecule has 0 aliphatic heterocycles. The molecular formula is C10H14N4O2. The second kappa shape index (κ2) is 5.97. The summed E-state index contributed by atoms with van der Waals surface area (Å²) in [5, 5.41) is 22.7. The predicted octanol–water partition coefficient (Wildman–Crippen LogP) is 1.36. The average Bonchev–Trinajstić information content (AvgIpc) is 2.28. The molecule has 0 fully saturated rings. The van der Waals surface area contributed by atoms with Gasteiger partial charge in [0.1, 0.15) is 6.10 Å². The molecule has 0 aliphatic rings. The van der Waals surface area contributed by atoms with Gasteiger partial charge in [-0.1, -0.05) is 17.2 Å². The van der Waals surface area contributed by atoms with Crippen molar-refractivity contribution in [3.63, 3.8) is 0 Å². The van der Waals surface area contributed by atoms with Crippen molar-refractivity contribution in [2.24, 2.45) is 5.11 Å². The molecule has 16 heavy (non-hydrogen) atoms. The van der Waals surface area contributed by atoms with Gasteiger partial charge in [0.15, 0.2) is 0 Å². The molecular weight excluding hydrogens is 208 g/mol. The Bertz CT molecular complexity index is 390. The molecule has 1 aromatic rings. The Balaban J connectivity index is 2.62. The minimum atomic E-state index is -1.02. The maximum absolute atomic E-state index is 9.77. The fourth-order valence-electron chi connectivity index (χ4n) is 1.36. The summed E-state index contributed by atoms with van der Waals surface area (Å²) in [5.74, 6) is 0. The standard InChI is InChI=1S/C10H14N4O2/c11-8-3-1-2-7(6-8)10(16)9(15)4-5-13-14-12/h1-3,6,9-10,15-16H,4-5,11H2. The third kappa shape index (κ3) is 3.43. The second-order valence-electron chi connectivity index (χ2n) is 3.43. The van der Waals surface area contributed by atoms with Crippen LogP contribution in [0.25, 0.3) is 10.4 Å². The molecule has 2 atom stereocenters. The van der Waals surface area contributed by atoms with E-state index in [0.29, 0.717) is 11.3 Å². The molecule has 0 bridgehead atoms. The summed E-state index contributed by atoms with van der Waals surface area (Å²) in [6.07, 6.45) is -1.77. The second-order valence-corrected chi connectivity index (χ2v) is 3.43. The highest BCUT2D eigenvalue weighted by atomic mass is 16.3. The maximum atomic E-state index is 9.77. The van der Waals surface area contributed by atoms with Gasteiger partial charge in [0.2, 0.25) is 0 Å². The first-order chi connectivity index (χ1) is 7.65. The van der Waals surface area contributed by atoms with Crippen LogP contribution in [-0.2, 0) is 0 Å². The van der Waals surface area contributed by atoms with E-state index in [1.807, 2.05) is 0 Å². The Kier molecular flexibility index (Phi) is 4.60. The zero-order chi connectivity index (χ0) is 12.0. The summed E-state index contributed by atoms with van der Waals surface area (Å²) in [6, 6.07) is 6.68. The van der Waals surface area contributed by atoms with Crippen LogP contribution in [0.15, 0.2) is 29.4 Å². The smallest absolute Gasteiger partial charge is 0.105 e. The van der Waals surface area contributed by atoms with Crippen LogP contribution in [0.1, 0.15) is 18.1 Å². The van der Waals surface area contributed by atoms with Crippen molar-refractivity contribution in [1.29, 1.82) is 0 Å². The minimum Gasteiger partial charge on any atom is -0.399 e. The average molecular weight is 222 g/mol. The topological polar surface area (TPSA) is 115 Å². The van der Waals surface area contributed by atoms with Gasteiger partial charge in [-0.2, -0.15) is 0 Å². The van der Waals surface area contributed by atoms with E-state index in [1.165, 1.54) is 0 Å². The van der Waals surface area contributed by atoms with Gasteiger partial charge in [-0.3, -0.25) is 0 Å². The predicted molar refractivity (Wildman–Crippen MR) is 60.5 cm³/mol. The van der Waals surface area contributed by atoms with Crippen molar-refractivity contribution in [2.45, 2.75) is 18.6 Å². The highest BCUT2D eigenvalue weighted by Gasteiger charge is 2.17. The van der Waals surface area contributed by atoms with Crippen LogP contribution >= 0.6 is 0 Å². The van der Waals surface area contributed by atoms with Crippen LogP contribution in [0.4, 0.5) is 5.69 Å². The number of hydrogen-bond donors (Lipinski definition) is 3. The lowest BCUT2D eigenvalue weighted by Crippen LogP contribution is -2.19. The molecule has 6 nitrogen and oxygen atoms in total. The normalized spacial score (nSPS) is 13.9. The maximum Gasteiger partial charge on any atom is 0.105 e. The molecule has 0 spiro atoms. The van der Waals surface area contributed by atoms with Crippen LogP contribution < -0.4 is 5.73 Å². The number of hydrogen-bond acceptors (Lipinski definition) is 4. The lowest BCUT2D eigenvalue weighted by molar-refractivity contribution is 0.0151. The van der Waals surface area contributed by atoms with E-state index >= 15 is 0 Å². The van der Waals surface area contributed by atoms with E-state index in [1.54, 1.807) is 24.3 Å². The number of nitrogens with two attached hydrogens (primary N) is 1. The fourth-order valence-corrected chi connectivity index (χ4v) is 1.36. The van der Waals surface area contributed by atoms with Crippen LogP contribution in [-0.4, -0.2) is 22.9 Å². The number of rotatable bonds is 5. The third-order valence-corrected chi connectivity index (χ3v) is 2.20. The lowest BCUT2D eigenvalue weighted by Gasteiger charge is -2.17. The van der Waals surface area contributed by atoms with Gasteiger partial charge in [-0.05, 0) is 29.6 Å². The zero-order valence-electron chi connectivity index (χ0n) is 8.69. The monoisotopic (exact) mass is 222 g/mol. The highest BCUT2D eigenvalue weighted by Crippen LogP contribution is 2.20. The number of aliphatic hydroxyl groups excluding tert-OH is 2. The van der Waals surface area contributed by atoms with Crippen LogP contribution in [0.2, 0.25) is 0 Å². The molecule has 0 radical (unpaired) electrons. The van der Waals surface area contributed by atoms with Gasteiger partial charge in [-0.25, -0.2) is 0 Å². The van der Waals surface area contributed by atoms with Crippen molar-refractivity contribution in [2.75, 3.05) is 12.3 Å². The Morgan fingerprint density at radius 1 is 1.44 bits per heavy atom. The summed E-state index contributed by atoms with van der Waals surface area (Å²) in [7, 11) is 0. The van der Waals surface area contributed by atoms with Crippen molar-refractivity contribution in [3.8, 4) is 0 Å². The highest BCUT2D eigenvalue weighted by molar-refractivity contribution is 5.41. The summed E-state index contributed by atoms with van der Waals surface area (Å²) in [5.41, 5.74) is 14.7. The van der Waals surface area contributed by atoms with E-state index in [2.05, 4.69) is 10.0 Å². The van der Waals surface area contributed by atoms with E-state index < -0.39 is 12.2 Å². The molecule has 0 aliphatic carbocycles. The van der Waals surface area contributed by atoms with Gasteiger partial charge in [0, 0.05) is 17.1 Å². The summed E-state index contributed by atoms with van der Waals surface area (Å²) in [4.78, 5) is 2.57. The zero-order valence-corrected chi connectivity index (χ0v) is 8.69. The van der Waals surface area contributed by atoms with Gasteiger partial charge in [-0.15, -0.1) is 0 Å². The number of nitrogens with zero attached hydrogens (tertiary/aromatic N) is 3. The van der Waals surface area contributed by atoms with E-state index in [-0.39, 0.29) is 13.0 Å². The number of aliphatic hydroxyl groups is 2. The molecule has 4 N–H and O–H groups in total. The van der Waals surface area contributed by atoms with Crippen LogP contribution in [0, 0.1) is 0 Å². The van der Waals surface area contributed by atoms with E-state index in [9.17, 15) is 10.2 Å². The Morgan fingerprint density at radius 2 is 2.19 bits per heavy atom. The molecule has 0 aromatic heterocycles. The Hall–Kier alpha value is -1.75. The van der Waals surface area contributed by atoms with Crippen molar-refractivity contribution in [3.05, 3.63) is 40.3 Å². The minimum absolute atomic E-state index is 0.150. The number of benzene rings is 1. The van der Waals surface area contributed by atoms with E-state index in [0.717, 1.165) is 0 Å². The molecule has 86 valence electrons. The molecule has 0 saturated heterocycles. The molecule has 0 amide bonds. The fraction of sp³-hybridized carbons (Fsp3) is 0.400. The van der Waals surface area contributed by atoms with Gasteiger partial charge >= 0.3 is 0 Å². The first kappa shape index (κ1) is 12.3. The summed E-state index contributed by atoms with van der Waals surface area (Å²) < 4.78 is 0. The first-order valence-electron chi connectivity index (χ1n) is 4.87. The number of anilines is 1. The Labute approximate surface area is 93.0 Å². The summed E-state index contributed by atoms with van der Waals surface area (Å²) >= 11 is 0. The van der Waals surface area contributed by atoms with Crippen LogP contribution in [0.3, 0.4) is 0 Å². The third-order valence-electron chi connectivity index (χ3n) is 2.20. The van der Waals surface area contributed by atoms with Gasteiger partial charge in [0.05, 0.1) is 6.10 Å². The molecule has 2 unspecified atom stereocenters. The molecule has 0 saturated carbocycles. The quantitative estimate of drug-likeness (QED) is 0.302. The summed E-state index contributed by atoms with van der Waals surface area (Å²) in [6.45, 7) is 0.150. The molecule has 0 heterocycles. The van der Waals surface area contributed by atoms with Crippen LogP contribution in [0.5, 0.6) is 0 Å². The first-order valence-corrected chi connectivity index (χ1v) is 4.87. The molecule has 1 aromatic carbocycles. The number of azide groups is 1. The van der Waals surface area contributed by atoms with E-state index in [4.69, 9.17) is 11.3 Å². The molecule has 1 rings (SSSR count).